The molecule has 1 heteroatoms. The molecule has 3 atom stereocenters. The monoisotopic (exact) mass is 170 g/mol. The third-order valence-corrected chi connectivity index (χ3v) is 3.13. The lowest BCUT2D eigenvalue weighted by molar-refractivity contribution is 0.419. The maximum Gasteiger partial charge on any atom is 0.0280 e. The summed E-state index contributed by atoms with van der Waals surface area (Å²) < 4.78 is 0.138. The van der Waals surface area contributed by atoms with Gasteiger partial charge in [-0.15, -0.1) is 0 Å². The highest BCUT2D eigenvalue weighted by Gasteiger charge is 2.22. The van der Waals surface area contributed by atoms with Crippen molar-refractivity contribution in [3.05, 3.63) is 12.2 Å². The second-order valence-corrected chi connectivity index (χ2v) is 5.11. The second kappa shape index (κ2) is 3.22. The van der Waals surface area contributed by atoms with Crippen LogP contribution in [0.5, 0.6) is 0 Å². The molecule has 0 nitrogen and oxygen atoms in total. The first-order valence-electron chi connectivity index (χ1n) is 4.43. The molecular weight excluding hydrogens is 152 g/mol. The first-order chi connectivity index (χ1) is 5.01. The van der Waals surface area contributed by atoms with E-state index in [-0.39, 0.29) is 4.75 Å². The van der Waals surface area contributed by atoms with E-state index in [2.05, 4.69) is 45.6 Å². The molecule has 0 amide bonds. The molecule has 3 unspecified atom stereocenters. The van der Waals surface area contributed by atoms with E-state index >= 15 is 0 Å². The van der Waals surface area contributed by atoms with Gasteiger partial charge in [0.25, 0.3) is 0 Å². The van der Waals surface area contributed by atoms with Crippen molar-refractivity contribution in [2.75, 3.05) is 0 Å². The zero-order valence-electron chi connectivity index (χ0n) is 7.67. The van der Waals surface area contributed by atoms with Gasteiger partial charge in [0, 0.05) is 4.75 Å². The Morgan fingerprint density at radius 2 is 2.09 bits per heavy atom. The Labute approximate surface area is 75.5 Å². The molecular formula is C10H18S. The smallest absolute Gasteiger partial charge is 0.0280 e. The Balaban J connectivity index is 2.67. The van der Waals surface area contributed by atoms with Crippen molar-refractivity contribution in [2.24, 2.45) is 11.8 Å². The highest BCUT2D eigenvalue weighted by Crippen LogP contribution is 2.31. The highest BCUT2D eigenvalue weighted by atomic mass is 32.1. The van der Waals surface area contributed by atoms with Crippen molar-refractivity contribution in [3.8, 4) is 0 Å². The van der Waals surface area contributed by atoms with Crippen LogP contribution in [0.1, 0.15) is 33.6 Å². The predicted octanol–water partition coefficient (Wildman–Crippen LogP) is 3.30. The minimum absolute atomic E-state index is 0.138. The molecule has 0 N–H and O–H groups in total. The Morgan fingerprint density at radius 1 is 1.45 bits per heavy atom. The van der Waals surface area contributed by atoms with E-state index in [4.69, 9.17) is 0 Å². The van der Waals surface area contributed by atoms with Crippen LogP contribution in [0.15, 0.2) is 12.2 Å². The lowest BCUT2D eigenvalue weighted by Crippen LogP contribution is -2.11. The fourth-order valence-corrected chi connectivity index (χ4v) is 1.63. The van der Waals surface area contributed by atoms with E-state index in [0.717, 1.165) is 11.8 Å². The second-order valence-electron chi connectivity index (χ2n) is 4.09. The number of hydrogen-bond acceptors (Lipinski definition) is 1. The van der Waals surface area contributed by atoms with Gasteiger partial charge < -0.3 is 0 Å². The lowest BCUT2D eigenvalue weighted by atomic mass is 9.93. The summed E-state index contributed by atoms with van der Waals surface area (Å²) in [6, 6.07) is 0. The van der Waals surface area contributed by atoms with Crippen LogP contribution in [0.4, 0.5) is 0 Å². The average molecular weight is 170 g/mol. The molecule has 0 aliphatic heterocycles. The number of hydrogen-bond donors (Lipinski definition) is 1. The van der Waals surface area contributed by atoms with Crippen molar-refractivity contribution in [2.45, 2.75) is 38.4 Å². The van der Waals surface area contributed by atoms with Gasteiger partial charge in [-0.3, -0.25) is 0 Å². The lowest BCUT2D eigenvalue weighted by Gasteiger charge is -2.18. The molecule has 1 aliphatic carbocycles. The zero-order valence-corrected chi connectivity index (χ0v) is 8.57. The Morgan fingerprint density at radius 3 is 2.73 bits per heavy atom. The fourth-order valence-electron chi connectivity index (χ4n) is 1.41. The molecule has 0 spiro atoms. The molecule has 1 rings (SSSR count). The summed E-state index contributed by atoms with van der Waals surface area (Å²) in [4.78, 5) is 0. The number of thiol groups is 1. The summed E-state index contributed by atoms with van der Waals surface area (Å²) in [6.45, 7) is 6.80. The molecule has 1 aliphatic rings. The van der Waals surface area contributed by atoms with Gasteiger partial charge in [-0.1, -0.05) is 26.0 Å². The van der Waals surface area contributed by atoms with Crippen LogP contribution in [0.3, 0.4) is 0 Å². The Bertz CT molecular complexity index is 158. The van der Waals surface area contributed by atoms with Gasteiger partial charge in [0.2, 0.25) is 0 Å². The van der Waals surface area contributed by atoms with Gasteiger partial charge in [0.05, 0.1) is 0 Å². The summed E-state index contributed by atoms with van der Waals surface area (Å²) in [6.07, 6.45) is 7.07. The molecule has 0 radical (unpaired) electrons. The van der Waals surface area contributed by atoms with E-state index in [0.29, 0.717) is 0 Å². The molecule has 0 heterocycles. The van der Waals surface area contributed by atoms with Crippen LogP contribution in [-0.2, 0) is 0 Å². The number of allylic oxidation sites excluding steroid dienone is 1. The standard InChI is InChI=1S/C10H18S/c1-8-4-6-10(3,11)7-5-9(8)2/h4,6,8-9,11H,5,7H2,1-3H3. The van der Waals surface area contributed by atoms with Gasteiger partial charge >= 0.3 is 0 Å². The third kappa shape index (κ3) is 2.55. The normalized spacial score (nSPS) is 45.5. The fraction of sp³-hybridized carbons (Fsp3) is 0.800. The first kappa shape index (κ1) is 9.18. The van der Waals surface area contributed by atoms with E-state index in [1.54, 1.807) is 0 Å². The molecule has 11 heavy (non-hydrogen) atoms. The average Bonchev–Trinajstić information content (AvgIpc) is 2.03. The third-order valence-electron chi connectivity index (χ3n) is 2.76. The molecule has 0 fully saturated rings. The van der Waals surface area contributed by atoms with Crippen molar-refractivity contribution in [1.29, 1.82) is 0 Å². The van der Waals surface area contributed by atoms with Gasteiger partial charge in [-0.25, -0.2) is 0 Å². The van der Waals surface area contributed by atoms with Gasteiger partial charge in [0.1, 0.15) is 0 Å². The summed E-state index contributed by atoms with van der Waals surface area (Å²) in [7, 11) is 0. The molecule has 0 saturated heterocycles. The van der Waals surface area contributed by atoms with E-state index < -0.39 is 0 Å². The maximum atomic E-state index is 4.58. The molecule has 0 aromatic rings. The maximum absolute atomic E-state index is 4.58. The molecule has 0 saturated carbocycles. The highest BCUT2D eigenvalue weighted by molar-refractivity contribution is 7.82. The molecule has 0 bridgehead atoms. The van der Waals surface area contributed by atoms with E-state index in [9.17, 15) is 0 Å². The van der Waals surface area contributed by atoms with E-state index in [1.807, 2.05) is 0 Å². The van der Waals surface area contributed by atoms with Crippen LogP contribution in [-0.4, -0.2) is 4.75 Å². The van der Waals surface area contributed by atoms with Gasteiger partial charge in [-0.05, 0) is 31.6 Å². The number of rotatable bonds is 0. The zero-order chi connectivity index (χ0) is 8.48. The van der Waals surface area contributed by atoms with Crippen molar-refractivity contribution in [1.82, 2.24) is 0 Å². The Kier molecular flexibility index (Phi) is 2.69. The quantitative estimate of drug-likeness (QED) is 0.418. The van der Waals surface area contributed by atoms with Crippen molar-refractivity contribution >= 4 is 12.6 Å². The van der Waals surface area contributed by atoms with Crippen molar-refractivity contribution in [3.63, 3.8) is 0 Å². The van der Waals surface area contributed by atoms with Gasteiger partial charge in [0.15, 0.2) is 0 Å². The summed E-state index contributed by atoms with van der Waals surface area (Å²) >= 11 is 4.58. The van der Waals surface area contributed by atoms with Crippen LogP contribution < -0.4 is 0 Å². The SMILES string of the molecule is CC1C=CC(C)(S)CCC1C. The molecule has 64 valence electrons. The van der Waals surface area contributed by atoms with Crippen LogP contribution in [0.2, 0.25) is 0 Å². The molecule has 0 aromatic carbocycles. The topological polar surface area (TPSA) is 0 Å². The summed E-state index contributed by atoms with van der Waals surface area (Å²) in [5.41, 5.74) is 0. The predicted molar refractivity (Wildman–Crippen MR) is 54.1 cm³/mol. The van der Waals surface area contributed by atoms with Gasteiger partial charge in [-0.2, -0.15) is 12.6 Å². The summed E-state index contributed by atoms with van der Waals surface area (Å²) in [5, 5.41) is 0. The van der Waals surface area contributed by atoms with Crippen LogP contribution in [0, 0.1) is 11.8 Å². The largest absolute Gasteiger partial charge is 0.169 e. The summed E-state index contributed by atoms with van der Waals surface area (Å²) in [5.74, 6) is 1.55. The molecule has 0 aromatic heterocycles. The van der Waals surface area contributed by atoms with Crippen LogP contribution in [0.25, 0.3) is 0 Å². The first-order valence-corrected chi connectivity index (χ1v) is 4.88. The minimum atomic E-state index is 0.138. The van der Waals surface area contributed by atoms with E-state index in [1.165, 1.54) is 12.8 Å². The minimum Gasteiger partial charge on any atom is -0.169 e. The van der Waals surface area contributed by atoms with Crippen LogP contribution >= 0.6 is 12.6 Å². The Hall–Kier alpha value is 0.0900. The van der Waals surface area contributed by atoms with Crippen molar-refractivity contribution < 1.29 is 0 Å².